The number of aromatic nitrogens is 2. The van der Waals surface area contributed by atoms with Gasteiger partial charge in [0.25, 0.3) is 5.56 Å². The van der Waals surface area contributed by atoms with E-state index in [2.05, 4.69) is 20.8 Å². The quantitative estimate of drug-likeness (QED) is 0.835. The summed E-state index contributed by atoms with van der Waals surface area (Å²) in [5.74, 6) is 0.882. The van der Waals surface area contributed by atoms with Crippen LogP contribution in [0.5, 0.6) is 0 Å². The van der Waals surface area contributed by atoms with E-state index in [4.69, 9.17) is 0 Å². The highest BCUT2D eigenvalue weighted by molar-refractivity contribution is 5.34. The molecule has 0 amide bonds. The van der Waals surface area contributed by atoms with Gasteiger partial charge in [0, 0.05) is 18.3 Å². The van der Waals surface area contributed by atoms with E-state index in [1.54, 1.807) is 4.68 Å². The van der Waals surface area contributed by atoms with Crippen LogP contribution in [-0.4, -0.2) is 9.36 Å². The first-order valence-corrected chi connectivity index (χ1v) is 7.27. The van der Waals surface area contributed by atoms with Gasteiger partial charge in [-0.2, -0.15) is 0 Å². The fourth-order valence-electron chi connectivity index (χ4n) is 2.98. The minimum absolute atomic E-state index is 0.115. The summed E-state index contributed by atoms with van der Waals surface area (Å²) in [7, 11) is 1.95. The lowest BCUT2D eigenvalue weighted by atomic mass is 9.92. The molecule has 0 spiro atoms. The molecule has 1 heterocycles. The Morgan fingerprint density at radius 1 is 1.10 bits per heavy atom. The van der Waals surface area contributed by atoms with E-state index in [1.807, 2.05) is 49.0 Å². The SMILES string of the molecule is Cc1c([C@H](C)CC(C)C)c(=O)n(-c2ccccc2)n1C. The zero-order valence-electron chi connectivity index (χ0n) is 13.1. The van der Waals surface area contributed by atoms with E-state index in [-0.39, 0.29) is 5.56 Å². The van der Waals surface area contributed by atoms with Gasteiger partial charge in [-0.3, -0.25) is 9.48 Å². The Hall–Kier alpha value is -1.77. The Labute approximate surface area is 120 Å². The van der Waals surface area contributed by atoms with E-state index in [0.717, 1.165) is 23.4 Å². The minimum Gasteiger partial charge on any atom is -0.285 e. The highest BCUT2D eigenvalue weighted by atomic mass is 16.1. The fourth-order valence-corrected chi connectivity index (χ4v) is 2.98. The second-order valence-corrected chi connectivity index (χ2v) is 6.01. The predicted molar refractivity (Wildman–Crippen MR) is 83.6 cm³/mol. The lowest BCUT2D eigenvalue weighted by Crippen LogP contribution is -2.21. The molecule has 0 unspecified atom stereocenters. The van der Waals surface area contributed by atoms with Gasteiger partial charge in [0.1, 0.15) is 0 Å². The Bertz CT molecular complexity index is 635. The molecule has 0 saturated heterocycles. The summed E-state index contributed by atoms with van der Waals surface area (Å²) in [5, 5.41) is 0. The zero-order valence-corrected chi connectivity index (χ0v) is 13.1. The van der Waals surface area contributed by atoms with Gasteiger partial charge in [0.15, 0.2) is 0 Å². The third kappa shape index (κ3) is 2.58. The molecule has 0 saturated carbocycles. The topological polar surface area (TPSA) is 26.9 Å². The van der Waals surface area contributed by atoms with Crippen molar-refractivity contribution in [2.24, 2.45) is 13.0 Å². The highest BCUT2D eigenvalue weighted by Gasteiger charge is 2.21. The van der Waals surface area contributed by atoms with Crippen LogP contribution in [0.3, 0.4) is 0 Å². The number of nitrogens with zero attached hydrogens (tertiary/aromatic N) is 2. The highest BCUT2D eigenvalue weighted by Crippen LogP contribution is 2.24. The number of hydrogen-bond donors (Lipinski definition) is 0. The lowest BCUT2D eigenvalue weighted by molar-refractivity contribution is 0.520. The van der Waals surface area contributed by atoms with Gasteiger partial charge in [-0.15, -0.1) is 0 Å². The first-order chi connectivity index (χ1) is 9.43. The smallest absolute Gasteiger partial charge is 0.275 e. The summed E-state index contributed by atoms with van der Waals surface area (Å²) >= 11 is 0. The maximum Gasteiger partial charge on any atom is 0.275 e. The molecule has 20 heavy (non-hydrogen) atoms. The molecule has 0 radical (unpaired) electrons. The van der Waals surface area contributed by atoms with Gasteiger partial charge >= 0.3 is 0 Å². The molecular weight excluding hydrogens is 248 g/mol. The number of benzene rings is 1. The summed E-state index contributed by atoms with van der Waals surface area (Å²) < 4.78 is 3.73. The molecule has 108 valence electrons. The monoisotopic (exact) mass is 272 g/mol. The molecule has 0 aliphatic heterocycles. The van der Waals surface area contributed by atoms with Crippen molar-refractivity contribution in [3.63, 3.8) is 0 Å². The van der Waals surface area contributed by atoms with Crippen LogP contribution in [-0.2, 0) is 7.05 Å². The summed E-state index contributed by atoms with van der Waals surface area (Å²) in [4.78, 5) is 12.8. The molecule has 0 fully saturated rings. The first kappa shape index (κ1) is 14.6. The molecule has 0 aliphatic carbocycles. The van der Waals surface area contributed by atoms with E-state index in [1.165, 1.54) is 0 Å². The van der Waals surface area contributed by atoms with Crippen LogP contribution in [0.2, 0.25) is 0 Å². The molecule has 0 aliphatic rings. The van der Waals surface area contributed by atoms with Crippen molar-refractivity contribution in [3.8, 4) is 5.69 Å². The van der Waals surface area contributed by atoms with Gasteiger partial charge in [0.2, 0.25) is 0 Å². The van der Waals surface area contributed by atoms with E-state index in [0.29, 0.717) is 11.8 Å². The number of rotatable bonds is 4. The van der Waals surface area contributed by atoms with Crippen molar-refractivity contribution in [1.82, 2.24) is 9.36 Å². The molecule has 0 N–H and O–H groups in total. The standard InChI is InChI=1S/C17H24N2O/c1-12(2)11-13(3)16-14(4)18(5)19(17(16)20)15-9-7-6-8-10-15/h6-10,12-13H,11H2,1-5H3/t13-/m1/s1. The van der Waals surface area contributed by atoms with Gasteiger partial charge < -0.3 is 0 Å². The fraction of sp³-hybridized carbons (Fsp3) is 0.471. The number of para-hydroxylation sites is 1. The van der Waals surface area contributed by atoms with Crippen molar-refractivity contribution < 1.29 is 0 Å². The second kappa shape index (κ2) is 5.70. The largest absolute Gasteiger partial charge is 0.285 e. The third-order valence-corrected chi connectivity index (χ3v) is 3.92. The molecule has 2 rings (SSSR count). The summed E-state index contributed by atoms with van der Waals surface area (Å²) in [6.07, 6.45) is 1.04. The van der Waals surface area contributed by atoms with Crippen LogP contribution in [0.1, 0.15) is 44.4 Å². The molecule has 2 aromatic rings. The Morgan fingerprint density at radius 2 is 1.70 bits per heavy atom. The first-order valence-electron chi connectivity index (χ1n) is 7.27. The molecular formula is C17H24N2O. The van der Waals surface area contributed by atoms with E-state index >= 15 is 0 Å². The Morgan fingerprint density at radius 3 is 2.25 bits per heavy atom. The van der Waals surface area contributed by atoms with Crippen molar-refractivity contribution in [3.05, 3.63) is 51.9 Å². The van der Waals surface area contributed by atoms with Crippen molar-refractivity contribution >= 4 is 0 Å². The van der Waals surface area contributed by atoms with E-state index in [9.17, 15) is 4.79 Å². The maximum atomic E-state index is 12.8. The molecule has 3 heteroatoms. The third-order valence-electron chi connectivity index (χ3n) is 3.92. The van der Waals surface area contributed by atoms with Crippen LogP contribution in [0.25, 0.3) is 5.69 Å². The van der Waals surface area contributed by atoms with Crippen molar-refractivity contribution in [1.29, 1.82) is 0 Å². The van der Waals surface area contributed by atoms with Crippen LogP contribution >= 0.6 is 0 Å². The lowest BCUT2D eigenvalue weighted by Gasteiger charge is -2.12. The molecule has 3 nitrogen and oxygen atoms in total. The zero-order chi connectivity index (χ0) is 14.9. The minimum atomic E-state index is 0.115. The van der Waals surface area contributed by atoms with Crippen molar-refractivity contribution in [2.75, 3.05) is 0 Å². The van der Waals surface area contributed by atoms with Gasteiger partial charge in [-0.25, -0.2) is 4.68 Å². The van der Waals surface area contributed by atoms with Crippen LogP contribution in [0, 0.1) is 12.8 Å². The molecule has 0 bridgehead atoms. The number of hydrogen-bond acceptors (Lipinski definition) is 1. The molecule has 1 atom stereocenters. The summed E-state index contributed by atoms with van der Waals surface area (Å²) in [5.41, 5.74) is 3.05. The van der Waals surface area contributed by atoms with Crippen LogP contribution in [0.15, 0.2) is 35.1 Å². The van der Waals surface area contributed by atoms with Gasteiger partial charge in [-0.1, -0.05) is 39.0 Å². The van der Waals surface area contributed by atoms with Crippen LogP contribution < -0.4 is 5.56 Å². The average Bonchev–Trinajstić information content (AvgIpc) is 2.60. The molecule has 1 aromatic carbocycles. The van der Waals surface area contributed by atoms with Gasteiger partial charge in [-0.05, 0) is 37.3 Å². The summed E-state index contributed by atoms with van der Waals surface area (Å²) in [6.45, 7) is 8.58. The van der Waals surface area contributed by atoms with Gasteiger partial charge in [0.05, 0.1) is 5.69 Å². The van der Waals surface area contributed by atoms with Crippen molar-refractivity contribution in [2.45, 2.75) is 40.0 Å². The normalized spacial score (nSPS) is 12.9. The maximum absolute atomic E-state index is 12.8. The second-order valence-electron chi connectivity index (χ2n) is 6.01. The average molecular weight is 272 g/mol. The predicted octanol–water partition coefficient (Wildman–Crippen LogP) is 3.63. The Kier molecular flexibility index (Phi) is 4.17. The molecule has 1 aromatic heterocycles. The summed E-state index contributed by atoms with van der Waals surface area (Å²) in [6, 6.07) is 9.82. The van der Waals surface area contributed by atoms with E-state index < -0.39 is 0 Å². The van der Waals surface area contributed by atoms with Crippen LogP contribution in [0.4, 0.5) is 0 Å². The Balaban J connectivity index is 2.55.